The summed E-state index contributed by atoms with van der Waals surface area (Å²) in [5.41, 5.74) is 0.635. The van der Waals surface area contributed by atoms with Crippen molar-refractivity contribution in [3.05, 3.63) is 28.2 Å². The molecule has 2 rings (SSSR count). The Bertz CT molecular complexity index is 496. The number of hydrogen-bond donors (Lipinski definition) is 2. The van der Waals surface area contributed by atoms with Crippen LogP contribution >= 0.6 is 47.4 Å². The number of benzene rings is 1. The Morgan fingerprint density at radius 1 is 1.42 bits per heavy atom. The van der Waals surface area contributed by atoms with E-state index in [1.165, 1.54) is 11.8 Å². The van der Waals surface area contributed by atoms with Gasteiger partial charge in [0.15, 0.2) is 5.17 Å². The van der Waals surface area contributed by atoms with Crippen molar-refractivity contribution in [3.8, 4) is 0 Å². The number of amides is 1. The quantitative estimate of drug-likeness (QED) is 0.889. The van der Waals surface area contributed by atoms with E-state index in [0.29, 0.717) is 21.5 Å². The lowest BCUT2D eigenvalue weighted by molar-refractivity contribution is -0.113. The van der Waals surface area contributed by atoms with Crippen LogP contribution in [0.5, 0.6) is 0 Å². The first kappa shape index (κ1) is 16.4. The highest BCUT2D eigenvalue weighted by Crippen LogP contribution is 2.25. The van der Waals surface area contributed by atoms with Gasteiger partial charge in [-0.1, -0.05) is 35.0 Å². The Morgan fingerprint density at radius 3 is 2.84 bits per heavy atom. The molecule has 1 aliphatic heterocycles. The van der Waals surface area contributed by atoms with Crippen molar-refractivity contribution in [2.75, 3.05) is 24.2 Å². The molecular formula is C11H12Cl3N3OS. The summed E-state index contributed by atoms with van der Waals surface area (Å²) in [4.78, 5) is 15.9. The maximum Gasteiger partial charge on any atom is 0.234 e. The van der Waals surface area contributed by atoms with Crippen molar-refractivity contribution in [3.63, 3.8) is 0 Å². The fourth-order valence-corrected chi connectivity index (χ4v) is 2.40. The smallest absolute Gasteiger partial charge is 0.234 e. The van der Waals surface area contributed by atoms with E-state index < -0.39 is 0 Å². The highest BCUT2D eigenvalue weighted by atomic mass is 35.5. The second-order valence-electron chi connectivity index (χ2n) is 3.58. The molecule has 1 amide bonds. The number of nitrogens with one attached hydrogen (secondary N) is 2. The molecular weight excluding hydrogens is 329 g/mol. The third-order valence-corrected chi connectivity index (χ3v) is 3.88. The number of carbonyl (C=O) groups is 1. The van der Waals surface area contributed by atoms with Crippen molar-refractivity contribution in [1.29, 1.82) is 0 Å². The fraction of sp³-hybridized carbons (Fsp3) is 0.273. The number of aliphatic imine (C=N–C) groups is 1. The average molecular weight is 341 g/mol. The molecule has 0 spiro atoms. The number of hydrogen-bond acceptors (Lipinski definition) is 4. The van der Waals surface area contributed by atoms with Crippen molar-refractivity contribution < 1.29 is 4.79 Å². The first-order valence-electron chi connectivity index (χ1n) is 5.31. The zero-order valence-electron chi connectivity index (χ0n) is 9.78. The Balaban J connectivity index is 0.00000180. The lowest BCUT2D eigenvalue weighted by Crippen LogP contribution is -2.20. The zero-order chi connectivity index (χ0) is 13.0. The summed E-state index contributed by atoms with van der Waals surface area (Å²) >= 11 is 13.0. The summed E-state index contributed by atoms with van der Waals surface area (Å²) in [6.45, 7) is 1.62. The Labute approximate surface area is 131 Å². The average Bonchev–Trinajstić information content (AvgIpc) is 2.84. The molecule has 0 radical (unpaired) electrons. The summed E-state index contributed by atoms with van der Waals surface area (Å²) in [7, 11) is 0. The second-order valence-corrected chi connectivity index (χ2v) is 5.36. The zero-order valence-corrected chi connectivity index (χ0v) is 12.9. The molecule has 1 aromatic carbocycles. The molecule has 1 aromatic rings. The van der Waals surface area contributed by atoms with E-state index in [1.54, 1.807) is 18.2 Å². The van der Waals surface area contributed by atoms with E-state index in [2.05, 4.69) is 15.6 Å². The number of carbonyl (C=O) groups excluding carboxylic acids is 1. The first-order valence-corrected chi connectivity index (χ1v) is 7.05. The van der Waals surface area contributed by atoms with Gasteiger partial charge in [0.05, 0.1) is 22.3 Å². The lowest BCUT2D eigenvalue weighted by Gasteiger charge is -2.06. The summed E-state index contributed by atoms with van der Waals surface area (Å²) < 4.78 is 0. The number of nitrogens with zero attached hydrogens (tertiary/aromatic N) is 1. The fourth-order valence-electron chi connectivity index (χ4n) is 1.38. The topological polar surface area (TPSA) is 53.5 Å². The molecule has 0 aliphatic carbocycles. The summed E-state index contributed by atoms with van der Waals surface area (Å²) in [5, 5.41) is 7.54. The van der Waals surface area contributed by atoms with Crippen molar-refractivity contribution in [2.45, 2.75) is 0 Å². The third kappa shape index (κ3) is 5.10. The van der Waals surface area contributed by atoms with Gasteiger partial charge in [0, 0.05) is 12.2 Å². The minimum Gasteiger partial charge on any atom is -0.363 e. The van der Waals surface area contributed by atoms with Crippen molar-refractivity contribution in [2.24, 2.45) is 4.99 Å². The molecule has 4 nitrogen and oxygen atoms in total. The standard InChI is InChI=1S/C11H11Cl2N3OS.ClH/c12-8-2-1-7(5-9(8)13)16-10(17)6-18-11-14-3-4-15-11;/h1-2,5H,3-4,6H2,(H,14,15)(H,16,17);1H. The first-order chi connectivity index (χ1) is 8.65. The maximum atomic E-state index is 11.7. The Hall–Kier alpha value is -0.620. The molecule has 0 atom stereocenters. The summed E-state index contributed by atoms with van der Waals surface area (Å²) in [6.07, 6.45) is 0. The lowest BCUT2D eigenvalue weighted by atomic mass is 10.3. The number of amidine groups is 1. The van der Waals surface area contributed by atoms with Crippen LogP contribution in [-0.2, 0) is 4.79 Å². The molecule has 0 saturated carbocycles. The predicted octanol–water partition coefficient (Wildman–Crippen LogP) is 3.05. The molecule has 8 heteroatoms. The van der Waals surface area contributed by atoms with Gasteiger partial charge in [0.25, 0.3) is 0 Å². The number of halogens is 3. The van der Waals surface area contributed by atoms with E-state index in [9.17, 15) is 4.79 Å². The van der Waals surface area contributed by atoms with Gasteiger partial charge in [0.1, 0.15) is 0 Å². The van der Waals surface area contributed by atoms with Crippen LogP contribution in [0.15, 0.2) is 23.2 Å². The maximum absolute atomic E-state index is 11.7. The van der Waals surface area contributed by atoms with Crippen LogP contribution in [0.3, 0.4) is 0 Å². The third-order valence-electron chi connectivity index (χ3n) is 2.19. The molecule has 1 aliphatic rings. The molecule has 0 fully saturated rings. The number of anilines is 1. The van der Waals surface area contributed by atoms with Gasteiger partial charge in [0.2, 0.25) is 5.91 Å². The predicted molar refractivity (Wildman–Crippen MR) is 85.1 cm³/mol. The molecule has 2 N–H and O–H groups in total. The van der Waals surface area contributed by atoms with Crippen LogP contribution in [-0.4, -0.2) is 29.9 Å². The van der Waals surface area contributed by atoms with Crippen LogP contribution < -0.4 is 10.6 Å². The summed E-state index contributed by atoms with van der Waals surface area (Å²) in [6, 6.07) is 4.98. The minimum absolute atomic E-state index is 0. The van der Waals surface area contributed by atoms with Crippen LogP contribution in [0.1, 0.15) is 0 Å². The Morgan fingerprint density at radius 2 is 2.21 bits per heavy atom. The van der Waals surface area contributed by atoms with Crippen LogP contribution in [0, 0.1) is 0 Å². The van der Waals surface area contributed by atoms with Crippen molar-refractivity contribution >= 4 is 64.1 Å². The minimum atomic E-state index is -0.102. The van der Waals surface area contributed by atoms with Gasteiger partial charge in [-0.05, 0) is 18.2 Å². The van der Waals surface area contributed by atoms with E-state index in [0.717, 1.165) is 18.3 Å². The highest BCUT2D eigenvalue weighted by molar-refractivity contribution is 8.14. The van der Waals surface area contributed by atoms with Gasteiger partial charge in [-0.3, -0.25) is 9.79 Å². The Kier molecular flexibility index (Phi) is 6.79. The molecule has 1 heterocycles. The van der Waals surface area contributed by atoms with E-state index in [4.69, 9.17) is 23.2 Å². The van der Waals surface area contributed by atoms with E-state index >= 15 is 0 Å². The molecule has 0 unspecified atom stereocenters. The molecule has 0 aromatic heterocycles. The van der Waals surface area contributed by atoms with E-state index in [1.807, 2.05) is 0 Å². The number of thioether (sulfide) groups is 1. The molecule has 0 bridgehead atoms. The van der Waals surface area contributed by atoms with Crippen LogP contribution in [0.25, 0.3) is 0 Å². The van der Waals surface area contributed by atoms with Gasteiger partial charge >= 0.3 is 0 Å². The van der Waals surface area contributed by atoms with Crippen LogP contribution in [0.4, 0.5) is 5.69 Å². The van der Waals surface area contributed by atoms with Gasteiger partial charge in [-0.2, -0.15) is 0 Å². The second kappa shape index (κ2) is 7.85. The molecule has 104 valence electrons. The SMILES string of the molecule is Cl.O=C(CSC1=NCCN1)Nc1ccc(Cl)c(Cl)c1. The molecule has 0 saturated heterocycles. The highest BCUT2D eigenvalue weighted by Gasteiger charge is 2.09. The normalized spacial score (nSPS) is 13.3. The largest absolute Gasteiger partial charge is 0.363 e. The van der Waals surface area contributed by atoms with Crippen molar-refractivity contribution in [1.82, 2.24) is 5.32 Å². The van der Waals surface area contributed by atoms with E-state index in [-0.39, 0.29) is 18.3 Å². The van der Waals surface area contributed by atoms with Gasteiger partial charge in [-0.25, -0.2) is 0 Å². The monoisotopic (exact) mass is 339 g/mol. The number of rotatable bonds is 3. The van der Waals surface area contributed by atoms with Crippen LogP contribution in [0.2, 0.25) is 10.0 Å². The van der Waals surface area contributed by atoms with Gasteiger partial charge < -0.3 is 10.6 Å². The summed E-state index contributed by atoms with van der Waals surface area (Å²) in [5.74, 6) is 0.210. The van der Waals surface area contributed by atoms with Gasteiger partial charge in [-0.15, -0.1) is 12.4 Å². The molecule has 19 heavy (non-hydrogen) atoms.